The molecule has 0 aliphatic carbocycles. The third kappa shape index (κ3) is 3.97. The molecule has 1 saturated heterocycles. The van der Waals surface area contributed by atoms with E-state index in [-0.39, 0.29) is 0 Å². The molecule has 1 atom stereocenters. The fourth-order valence-corrected chi connectivity index (χ4v) is 3.26. The Morgan fingerprint density at radius 2 is 1.93 bits per heavy atom. The summed E-state index contributed by atoms with van der Waals surface area (Å²) < 4.78 is 0. The Morgan fingerprint density at radius 1 is 1.33 bits per heavy atom. The fourth-order valence-electron chi connectivity index (χ4n) is 2.46. The molecular formula is C12H25NOS. The van der Waals surface area contributed by atoms with Crippen LogP contribution in [0.25, 0.3) is 0 Å². The normalized spacial score (nSPS) is 22.2. The Hall–Kier alpha value is 0.270. The molecule has 0 amide bonds. The first-order valence-electron chi connectivity index (χ1n) is 6.02. The lowest BCUT2D eigenvalue weighted by molar-refractivity contribution is 0.101. The minimum atomic E-state index is 0.368. The molecule has 1 N–H and O–H groups in total. The molecule has 2 nitrogen and oxygen atoms in total. The number of hydrogen-bond donors (Lipinski definition) is 1. The minimum absolute atomic E-state index is 0.368. The van der Waals surface area contributed by atoms with E-state index in [2.05, 4.69) is 25.0 Å². The van der Waals surface area contributed by atoms with Crippen LogP contribution in [0.2, 0.25) is 0 Å². The van der Waals surface area contributed by atoms with Gasteiger partial charge in [0.1, 0.15) is 0 Å². The van der Waals surface area contributed by atoms with Crippen molar-refractivity contribution in [2.45, 2.75) is 32.7 Å². The molecule has 0 saturated carbocycles. The molecular weight excluding hydrogens is 206 g/mol. The molecule has 1 fully saturated rings. The van der Waals surface area contributed by atoms with E-state index in [0.29, 0.717) is 18.6 Å². The van der Waals surface area contributed by atoms with Gasteiger partial charge in [0.25, 0.3) is 0 Å². The Labute approximate surface area is 98.4 Å². The molecule has 90 valence electrons. The summed E-state index contributed by atoms with van der Waals surface area (Å²) in [5.41, 5.74) is 0. The number of rotatable bonds is 5. The highest BCUT2D eigenvalue weighted by Crippen LogP contribution is 2.27. The van der Waals surface area contributed by atoms with Crippen LogP contribution in [0.5, 0.6) is 0 Å². The van der Waals surface area contributed by atoms with Crippen molar-refractivity contribution in [1.82, 2.24) is 4.90 Å². The maximum Gasteiger partial charge on any atom is 0.0469 e. The molecule has 0 aromatic heterocycles. The van der Waals surface area contributed by atoms with Crippen molar-refractivity contribution in [2.75, 3.05) is 31.7 Å². The molecule has 1 unspecified atom stereocenters. The Balaban J connectivity index is 2.35. The number of piperidine rings is 1. The lowest BCUT2D eigenvalue weighted by Crippen LogP contribution is -2.41. The predicted molar refractivity (Wildman–Crippen MR) is 68.4 cm³/mol. The van der Waals surface area contributed by atoms with Crippen LogP contribution in [-0.4, -0.2) is 47.8 Å². The van der Waals surface area contributed by atoms with Crippen LogP contribution in [0.1, 0.15) is 26.7 Å². The van der Waals surface area contributed by atoms with Gasteiger partial charge in [-0.15, -0.1) is 0 Å². The fraction of sp³-hybridized carbons (Fsp3) is 1.00. The van der Waals surface area contributed by atoms with Crippen molar-refractivity contribution < 1.29 is 5.11 Å². The number of nitrogens with zero attached hydrogens (tertiary/aromatic N) is 1. The van der Waals surface area contributed by atoms with Crippen LogP contribution in [0.15, 0.2) is 0 Å². The number of aliphatic hydroxyl groups excluding tert-OH is 1. The van der Waals surface area contributed by atoms with Gasteiger partial charge in [-0.25, -0.2) is 0 Å². The van der Waals surface area contributed by atoms with Gasteiger partial charge in [-0.3, -0.25) is 0 Å². The van der Waals surface area contributed by atoms with Gasteiger partial charge < -0.3 is 10.0 Å². The summed E-state index contributed by atoms with van der Waals surface area (Å²) >= 11 is 1.86. The molecule has 1 aliphatic heterocycles. The summed E-state index contributed by atoms with van der Waals surface area (Å²) in [6, 6.07) is 0.680. The van der Waals surface area contributed by atoms with Crippen molar-refractivity contribution in [1.29, 1.82) is 0 Å². The second kappa shape index (κ2) is 6.77. The lowest BCUT2D eigenvalue weighted by Gasteiger charge is -2.37. The minimum Gasteiger partial charge on any atom is -0.396 e. The SMILES string of the molecule is CSCC(CO)C1CCN(C(C)C)CC1. The van der Waals surface area contributed by atoms with Crippen LogP contribution >= 0.6 is 11.8 Å². The van der Waals surface area contributed by atoms with Crippen molar-refractivity contribution in [3.63, 3.8) is 0 Å². The Bertz CT molecular complexity index is 167. The van der Waals surface area contributed by atoms with Gasteiger partial charge in [0.05, 0.1) is 0 Å². The largest absolute Gasteiger partial charge is 0.396 e. The second-order valence-corrected chi connectivity index (χ2v) is 5.78. The molecule has 15 heavy (non-hydrogen) atoms. The van der Waals surface area contributed by atoms with E-state index in [1.165, 1.54) is 25.9 Å². The van der Waals surface area contributed by atoms with E-state index < -0.39 is 0 Å². The molecule has 1 aliphatic rings. The highest BCUT2D eigenvalue weighted by atomic mass is 32.2. The van der Waals surface area contributed by atoms with E-state index in [0.717, 1.165) is 11.7 Å². The van der Waals surface area contributed by atoms with Gasteiger partial charge in [0.2, 0.25) is 0 Å². The number of thioether (sulfide) groups is 1. The Morgan fingerprint density at radius 3 is 2.33 bits per heavy atom. The second-order valence-electron chi connectivity index (χ2n) is 4.87. The summed E-state index contributed by atoms with van der Waals surface area (Å²) in [5, 5.41) is 9.36. The molecule has 0 bridgehead atoms. The molecule has 3 heteroatoms. The first kappa shape index (κ1) is 13.3. The monoisotopic (exact) mass is 231 g/mol. The number of hydrogen-bond acceptors (Lipinski definition) is 3. The van der Waals surface area contributed by atoms with Crippen LogP contribution in [0.3, 0.4) is 0 Å². The number of aliphatic hydroxyl groups is 1. The first-order chi connectivity index (χ1) is 7.19. The molecule has 0 radical (unpaired) electrons. The van der Waals surface area contributed by atoms with E-state index >= 15 is 0 Å². The molecule has 0 aromatic rings. The Kier molecular flexibility index (Phi) is 6.02. The zero-order valence-electron chi connectivity index (χ0n) is 10.3. The van der Waals surface area contributed by atoms with Crippen molar-refractivity contribution >= 4 is 11.8 Å². The van der Waals surface area contributed by atoms with E-state index in [9.17, 15) is 5.11 Å². The predicted octanol–water partition coefficient (Wildman–Crippen LogP) is 2.08. The molecule has 1 rings (SSSR count). The zero-order chi connectivity index (χ0) is 11.3. The van der Waals surface area contributed by atoms with Crippen molar-refractivity contribution in [2.24, 2.45) is 11.8 Å². The topological polar surface area (TPSA) is 23.5 Å². The van der Waals surface area contributed by atoms with Crippen molar-refractivity contribution in [3.05, 3.63) is 0 Å². The average molecular weight is 231 g/mol. The summed E-state index contributed by atoms with van der Waals surface area (Å²) in [7, 11) is 0. The number of likely N-dealkylation sites (tertiary alicyclic amines) is 1. The maximum absolute atomic E-state index is 9.36. The van der Waals surface area contributed by atoms with Gasteiger partial charge in [-0.05, 0) is 63.6 Å². The zero-order valence-corrected chi connectivity index (χ0v) is 11.1. The molecule has 0 aromatic carbocycles. The lowest BCUT2D eigenvalue weighted by atomic mass is 9.85. The van der Waals surface area contributed by atoms with Crippen LogP contribution in [0.4, 0.5) is 0 Å². The first-order valence-corrected chi connectivity index (χ1v) is 7.42. The summed E-state index contributed by atoms with van der Waals surface area (Å²) in [4.78, 5) is 2.55. The summed E-state index contributed by atoms with van der Waals surface area (Å²) in [6.07, 6.45) is 4.67. The van der Waals surface area contributed by atoms with Crippen LogP contribution < -0.4 is 0 Å². The third-order valence-corrected chi connectivity index (χ3v) is 4.35. The van der Waals surface area contributed by atoms with Gasteiger partial charge in [-0.2, -0.15) is 11.8 Å². The highest BCUT2D eigenvalue weighted by molar-refractivity contribution is 7.98. The van der Waals surface area contributed by atoms with E-state index in [4.69, 9.17) is 0 Å². The molecule has 1 heterocycles. The molecule has 0 spiro atoms. The van der Waals surface area contributed by atoms with Gasteiger partial charge in [0, 0.05) is 12.6 Å². The van der Waals surface area contributed by atoms with E-state index in [1.54, 1.807) is 0 Å². The summed E-state index contributed by atoms with van der Waals surface area (Å²) in [5.74, 6) is 2.38. The standard InChI is InChI=1S/C12H25NOS/c1-10(2)13-6-4-11(5-7-13)12(8-14)9-15-3/h10-12,14H,4-9H2,1-3H3. The highest BCUT2D eigenvalue weighted by Gasteiger charge is 2.26. The van der Waals surface area contributed by atoms with E-state index in [1.807, 2.05) is 11.8 Å². The summed E-state index contributed by atoms with van der Waals surface area (Å²) in [6.45, 7) is 7.34. The van der Waals surface area contributed by atoms with Gasteiger partial charge in [-0.1, -0.05) is 0 Å². The maximum atomic E-state index is 9.36. The van der Waals surface area contributed by atoms with Gasteiger partial charge in [0.15, 0.2) is 0 Å². The average Bonchev–Trinajstić information content (AvgIpc) is 2.26. The van der Waals surface area contributed by atoms with Crippen LogP contribution in [0, 0.1) is 11.8 Å². The van der Waals surface area contributed by atoms with Crippen LogP contribution in [-0.2, 0) is 0 Å². The third-order valence-electron chi connectivity index (χ3n) is 3.59. The quantitative estimate of drug-likeness (QED) is 0.783. The smallest absolute Gasteiger partial charge is 0.0469 e. The van der Waals surface area contributed by atoms with Gasteiger partial charge >= 0.3 is 0 Å². The van der Waals surface area contributed by atoms with Crippen molar-refractivity contribution in [3.8, 4) is 0 Å².